The highest BCUT2D eigenvalue weighted by atomic mass is 79.9. The first-order valence-electron chi connectivity index (χ1n) is 4.44. The molecule has 2 N–H and O–H groups in total. The minimum absolute atomic E-state index is 0.372. The van der Waals surface area contributed by atoms with Crippen molar-refractivity contribution >= 4 is 27.6 Å². The normalized spacial score (nSPS) is 19.6. The van der Waals surface area contributed by atoms with E-state index in [-0.39, 0.29) is 5.92 Å². The van der Waals surface area contributed by atoms with Crippen LogP contribution in [0.25, 0.3) is 0 Å². The standard InChI is InChI=1S/C10H10BrNO2/c11-6-1-2-9-8(5-6)7(10(13)14)3-4-12-9/h1-2,5,7,12H,3-4H2,(H,13,14)/t7-/m0/s1. The van der Waals surface area contributed by atoms with E-state index >= 15 is 0 Å². The molecule has 0 unspecified atom stereocenters. The molecule has 0 saturated carbocycles. The Balaban J connectivity index is 2.46. The SMILES string of the molecule is O=C(O)[C@H]1CCNc2ccc(Br)cc21. The van der Waals surface area contributed by atoms with Crippen molar-refractivity contribution in [3.8, 4) is 0 Å². The highest BCUT2D eigenvalue weighted by Gasteiger charge is 2.25. The summed E-state index contributed by atoms with van der Waals surface area (Å²) in [4.78, 5) is 11.0. The van der Waals surface area contributed by atoms with Gasteiger partial charge in [-0.05, 0) is 30.2 Å². The lowest BCUT2D eigenvalue weighted by Gasteiger charge is -2.23. The molecule has 1 atom stereocenters. The fourth-order valence-electron chi connectivity index (χ4n) is 1.75. The van der Waals surface area contributed by atoms with Crippen LogP contribution in [0.2, 0.25) is 0 Å². The summed E-state index contributed by atoms with van der Waals surface area (Å²) in [5, 5.41) is 12.2. The van der Waals surface area contributed by atoms with E-state index in [4.69, 9.17) is 5.11 Å². The molecule has 0 saturated heterocycles. The van der Waals surface area contributed by atoms with Gasteiger partial charge in [-0.25, -0.2) is 0 Å². The van der Waals surface area contributed by atoms with Gasteiger partial charge in [-0.3, -0.25) is 4.79 Å². The van der Waals surface area contributed by atoms with Crippen molar-refractivity contribution in [2.45, 2.75) is 12.3 Å². The monoisotopic (exact) mass is 255 g/mol. The molecule has 0 fully saturated rings. The first kappa shape index (κ1) is 9.52. The zero-order chi connectivity index (χ0) is 10.1. The third-order valence-corrected chi connectivity index (χ3v) is 2.93. The minimum atomic E-state index is -0.745. The molecule has 0 radical (unpaired) electrons. The van der Waals surface area contributed by atoms with Gasteiger partial charge in [-0.1, -0.05) is 15.9 Å². The highest BCUT2D eigenvalue weighted by Crippen LogP contribution is 2.33. The molecule has 1 aromatic carbocycles. The highest BCUT2D eigenvalue weighted by molar-refractivity contribution is 9.10. The van der Waals surface area contributed by atoms with Gasteiger partial charge < -0.3 is 10.4 Å². The zero-order valence-electron chi connectivity index (χ0n) is 7.46. The summed E-state index contributed by atoms with van der Waals surface area (Å²) in [5.74, 6) is -1.12. The Hall–Kier alpha value is -1.03. The zero-order valence-corrected chi connectivity index (χ0v) is 9.04. The van der Waals surface area contributed by atoms with E-state index in [9.17, 15) is 4.79 Å². The van der Waals surface area contributed by atoms with Gasteiger partial charge in [0, 0.05) is 16.7 Å². The van der Waals surface area contributed by atoms with E-state index < -0.39 is 5.97 Å². The van der Waals surface area contributed by atoms with E-state index in [0.717, 1.165) is 22.3 Å². The van der Waals surface area contributed by atoms with Crippen LogP contribution in [0.1, 0.15) is 17.9 Å². The third kappa shape index (κ3) is 1.62. The number of anilines is 1. The molecule has 4 heteroatoms. The van der Waals surface area contributed by atoms with Gasteiger partial charge in [0.25, 0.3) is 0 Å². The molecule has 1 heterocycles. The molecule has 0 bridgehead atoms. The smallest absolute Gasteiger partial charge is 0.311 e. The van der Waals surface area contributed by atoms with E-state index in [1.54, 1.807) is 0 Å². The second-order valence-corrected chi connectivity index (χ2v) is 4.25. The molecule has 0 amide bonds. The molecule has 14 heavy (non-hydrogen) atoms. The van der Waals surface area contributed by atoms with Crippen molar-refractivity contribution in [1.29, 1.82) is 0 Å². The number of carboxylic acids is 1. The van der Waals surface area contributed by atoms with Crippen LogP contribution in [0.5, 0.6) is 0 Å². The summed E-state index contributed by atoms with van der Waals surface area (Å²) in [7, 11) is 0. The fourth-order valence-corrected chi connectivity index (χ4v) is 2.12. The van der Waals surface area contributed by atoms with Crippen molar-refractivity contribution in [3.63, 3.8) is 0 Å². The number of aliphatic carboxylic acids is 1. The van der Waals surface area contributed by atoms with Crippen LogP contribution in [0.3, 0.4) is 0 Å². The number of fused-ring (bicyclic) bond motifs is 1. The van der Waals surface area contributed by atoms with Crippen molar-refractivity contribution < 1.29 is 9.90 Å². The number of hydrogen-bond donors (Lipinski definition) is 2. The van der Waals surface area contributed by atoms with Gasteiger partial charge in [-0.2, -0.15) is 0 Å². The van der Waals surface area contributed by atoms with Crippen molar-refractivity contribution in [2.24, 2.45) is 0 Å². The van der Waals surface area contributed by atoms with Crippen molar-refractivity contribution in [1.82, 2.24) is 0 Å². The van der Waals surface area contributed by atoms with Gasteiger partial charge in [0.15, 0.2) is 0 Å². The number of nitrogens with one attached hydrogen (secondary N) is 1. The van der Waals surface area contributed by atoms with Gasteiger partial charge in [0.05, 0.1) is 5.92 Å². The second kappa shape index (κ2) is 3.61. The average molecular weight is 256 g/mol. The average Bonchev–Trinajstić information content (AvgIpc) is 2.16. The van der Waals surface area contributed by atoms with Crippen molar-refractivity contribution in [2.75, 3.05) is 11.9 Å². The number of rotatable bonds is 1. The number of hydrogen-bond acceptors (Lipinski definition) is 2. The molecular formula is C10H10BrNO2. The lowest BCUT2D eigenvalue weighted by Crippen LogP contribution is -2.22. The summed E-state index contributed by atoms with van der Waals surface area (Å²) in [6.07, 6.45) is 0.652. The quantitative estimate of drug-likeness (QED) is 0.811. The maximum absolute atomic E-state index is 11.0. The number of carbonyl (C=O) groups is 1. The molecule has 0 aliphatic carbocycles. The summed E-state index contributed by atoms with van der Waals surface area (Å²) in [6.45, 7) is 0.728. The summed E-state index contributed by atoms with van der Waals surface area (Å²) in [6, 6.07) is 5.70. The van der Waals surface area contributed by atoms with Gasteiger partial charge in [0.2, 0.25) is 0 Å². The molecule has 1 aliphatic rings. The maximum Gasteiger partial charge on any atom is 0.311 e. The van der Waals surface area contributed by atoms with E-state index in [2.05, 4.69) is 21.2 Å². The summed E-state index contributed by atoms with van der Waals surface area (Å²) < 4.78 is 0.922. The predicted molar refractivity (Wildman–Crippen MR) is 57.6 cm³/mol. The van der Waals surface area contributed by atoms with Crippen LogP contribution in [-0.2, 0) is 4.79 Å². The fraction of sp³-hybridized carbons (Fsp3) is 0.300. The van der Waals surface area contributed by atoms with E-state index in [1.807, 2.05) is 18.2 Å². The molecule has 2 rings (SSSR count). The van der Waals surface area contributed by atoms with E-state index in [1.165, 1.54) is 0 Å². The molecule has 0 spiro atoms. The molecule has 74 valence electrons. The van der Waals surface area contributed by atoms with Crippen LogP contribution in [0.15, 0.2) is 22.7 Å². The Bertz CT molecular complexity index is 378. The first-order chi connectivity index (χ1) is 6.68. The Morgan fingerprint density at radius 3 is 3.07 bits per heavy atom. The lowest BCUT2D eigenvalue weighted by molar-refractivity contribution is -0.138. The van der Waals surface area contributed by atoms with Crippen LogP contribution in [0, 0.1) is 0 Å². The maximum atomic E-state index is 11.0. The summed E-state index contributed by atoms with van der Waals surface area (Å²) in [5.41, 5.74) is 1.81. The minimum Gasteiger partial charge on any atom is -0.481 e. The van der Waals surface area contributed by atoms with Gasteiger partial charge in [-0.15, -0.1) is 0 Å². The van der Waals surface area contributed by atoms with Gasteiger partial charge in [0.1, 0.15) is 0 Å². The second-order valence-electron chi connectivity index (χ2n) is 3.34. The number of halogens is 1. The Morgan fingerprint density at radius 1 is 1.57 bits per heavy atom. The van der Waals surface area contributed by atoms with Crippen LogP contribution in [-0.4, -0.2) is 17.6 Å². The van der Waals surface area contributed by atoms with Crippen LogP contribution < -0.4 is 5.32 Å². The molecule has 1 aromatic rings. The number of benzene rings is 1. The predicted octanol–water partition coefficient (Wildman–Crippen LogP) is 2.43. The number of carboxylic acid groups (broad SMARTS) is 1. The topological polar surface area (TPSA) is 49.3 Å². The Labute approximate surface area is 90.3 Å². The molecule has 3 nitrogen and oxygen atoms in total. The molecule has 1 aliphatic heterocycles. The Kier molecular flexibility index (Phi) is 2.46. The third-order valence-electron chi connectivity index (χ3n) is 2.44. The first-order valence-corrected chi connectivity index (χ1v) is 5.24. The Morgan fingerprint density at radius 2 is 2.36 bits per heavy atom. The molecular weight excluding hydrogens is 246 g/mol. The van der Waals surface area contributed by atoms with Crippen LogP contribution >= 0.6 is 15.9 Å². The van der Waals surface area contributed by atoms with Crippen LogP contribution in [0.4, 0.5) is 5.69 Å². The lowest BCUT2D eigenvalue weighted by atomic mass is 9.91. The van der Waals surface area contributed by atoms with E-state index in [0.29, 0.717) is 6.42 Å². The molecule has 0 aromatic heterocycles. The summed E-state index contributed by atoms with van der Waals surface area (Å²) >= 11 is 3.35. The largest absolute Gasteiger partial charge is 0.481 e. The van der Waals surface area contributed by atoms with Gasteiger partial charge >= 0.3 is 5.97 Å². The van der Waals surface area contributed by atoms with Crippen molar-refractivity contribution in [3.05, 3.63) is 28.2 Å².